The molecular formula is C10H22O2. The Labute approximate surface area is 75.9 Å². The highest BCUT2D eigenvalue weighted by Gasteiger charge is 2.00. The second kappa shape index (κ2) is 9.01. The normalized spacial score (nSPS) is 13.2. The lowest BCUT2D eigenvalue weighted by molar-refractivity contribution is 0.125. The third kappa shape index (κ3) is 8.02. The number of ether oxygens (including phenoxy) is 1. The monoisotopic (exact) mass is 174 g/mol. The van der Waals surface area contributed by atoms with Gasteiger partial charge in [0.25, 0.3) is 0 Å². The Morgan fingerprint density at radius 2 is 1.92 bits per heavy atom. The Balaban J connectivity index is 2.97. The number of unbranched alkanes of at least 4 members (excludes halogenated alkanes) is 1. The highest BCUT2D eigenvalue weighted by atomic mass is 16.5. The first kappa shape index (κ1) is 11.9. The fraction of sp³-hybridized carbons (Fsp3) is 1.00. The molecule has 0 bridgehead atoms. The van der Waals surface area contributed by atoms with Crippen LogP contribution in [-0.4, -0.2) is 24.4 Å². The molecule has 0 aliphatic rings. The molecule has 0 radical (unpaired) electrons. The van der Waals surface area contributed by atoms with Gasteiger partial charge in [-0.3, -0.25) is 0 Å². The molecular weight excluding hydrogens is 152 g/mol. The van der Waals surface area contributed by atoms with Gasteiger partial charge in [-0.05, 0) is 32.6 Å². The summed E-state index contributed by atoms with van der Waals surface area (Å²) < 4.78 is 5.19. The first-order valence-corrected chi connectivity index (χ1v) is 5.07. The van der Waals surface area contributed by atoms with Gasteiger partial charge in [0.05, 0.1) is 6.10 Å². The largest absolute Gasteiger partial charge is 0.393 e. The second-order valence-electron chi connectivity index (χ2n) is 3.14. The third-order valence-corrected chi connectivity index (χ3v) is 1.90. The average molecular weight is 174 g/mol. The molecule has 0 spiro atoms. The molecule has 2 heteroatoms. The van der Waals surface area contributed by atoms with Gasteiger partial charge < -0.3 is 9.84 Å². The first-order chi connectivity index (χ1) is 5.81. The zero-order valence-electron chi connectivity index (χ0n) is 8.38. The lowest BCUT2D eigenvalue weighted by Gasteiger charge is -2.08. The van der Waals surface area contributed by atoms with Crippen molar-refractivity contribution in [2.45, 2.75) is 52.1 Å². The molecule has 74 valence electrons. The van der Waals surface area contributed by atoms with Gasteiger partial charge in [0, 0.05) is 13.2 Å². The van der Waals surface area contributed by atoms with Crippen molar-refractivity contribution in [2.24, 2.45) is 0 Å². The van der Waals surface area contributed by atoms with Gasteiger partial charge in [0.2, 0.25) is 0 Å². The molecule has 2 nitrogen and oxygen atoms in total. The summed E-state index contributed by atoms with van der Waals surface area (Å²) in [5.74, 6) is 0. The standard InChI is InChI=1S/C10H22O2/c1-3-7-10(11)8-5-6-9-12-4-2/h10-11H,3-9H2,1-2H3. The van der Waals surface area contributed by atoms with Crippen molar-refractivity contribution in [3.63, 3.8) is 0 Å². The van der Waals surface area contributed by atoms with Crippen LogP contribution in [-0.2, 0) is 4.74 Å². The van der Waals surface area contributed by atoms with Crippen molar-refractivity contribution in [1.82, 2.24) is 0 Å². The van der Waals surface area contributed by atoms with Crippen LogP contribution in [0.5, 0.6) is 0 Å². The molecule has 0 aromatic rings. The number of hydrogen-bond acceptors (Lipinski definition) is 2. The zero-order chi connectivity index (χ0) is 9.23. The Morgan fingerprint density at radius 3 is 2.50 bits per heavy atom. The van der Waals surface area contributed by atoms with E-state index in [0.717, 1.165) is 45.3 Å². The Bertz CT molecular complexity index is 83.9. The Hall–Kier alpha value is -0.0800. The van der Waals surface area contributed by atoms with E-state index in [1.807, 2.05) is 6.92 Å². The number of aliphatic hydroxyl groups is 1. The Morgan fingerprint density at radius 1 is 1.17 bits per heavy atom. The fourth-order valence-electron chi connectivity index (χ4n) is 1.21. The van der Waals surface area contributed by atoms with Gasteiger partial charge >= 0.3 is 0 Å². The summed E-state index contributed by atoms with van der Waals surface area (Å²) in [5.41, 5.74) is 0. The van der Waals surface area contributed by atoms with Crippen molar-refractivity contribution < 1.29 is 9.84 Å². The minimum absolute atomic E-state index is 0.0865. The smallest absolute Gasteiger partial charge is 0.0540 e. The number of aliphatic hydroxyl groups excluding tert-OH is 1. The molecule has 0 aliphatic carbocycles. The van der Waals surface area contributed by atoms with Crippen molar-refractivity contribution in [1.29, 1.82) is 0 Å². The van der Waals surface area contributed by atoms with Crippen LogP contribution in [0.15, 0.2) is 0 Å². The maximum Gasteiger partial charge on any atom is 0.0540 e. The van der Waals surface area contributed by atoms with Crippen molar-refractivity contribution in [2.75, 3.05) is 13.2 Å². The molecule has 0 fully saturated rings. The van der Waals surface area contributed by atoms with E-state index in [4.69, 9.17) is 4.74 Å². The van der Waals surface area contributed by atoms with Gasteiger partial charge in [0.1, 0.15) is 0 Å². The molecule has 0 saturated carbocycles. The van der Waals surface area contributed by atoms with Crippen LogP contribution >= 0.6 is 0 Å². The van der Waals surface area contributed by atoms with Crippen LogP contribution in [0.1, 0.15) is 46.0 Å². The van der Waals surface area contributed by atoms with Crippen molar-refractivity contribution in [3.05, 3.63) is 0 Å². The van der Waals surface area contributed by atoms with E-state index in [0.29, 0.717) is 0 Å². The molecule has 1 atom stereocenters. The van der Waals surface area contributed by atoms with Crippen LogP contribution in [0, 0.1) is 0 Å². The van der Waals surface area contributed by atoms with Gasteiger partial charge in [0.15, 0.2) is 0 Å². The summed E-state index contributed by atoms with van der Waals surface area (Å²) in [6.07, 6.45) is 5.02. The summed E-state index contributed by atoms with van der Waals surface area (Å²) >= 11 is 0. The highest BCUT2D eigenvalue weighted by Crippen LogP contribution is 2.06. The predicted molar refractivity (Wildman–Crippen MR) is 51.3 cm³/mol. The minimum Gasteiger partial charge on any atom is -0.393 e. The number of rotatable bonds is 8. The molecule has 0 rings (SSSR count). The molecule has 0 heterocycles. The van der Waals surface area contributed by atoms with E-state index in [1.54, 1.807) is 0 Å². The quantitative estimate of drug-likeness (QED) is 0.572. The topological polar surface area (TPSA) is 29.5 Å². The van der Waals surface area contributed by atoms with Crippen molar-refractivity contribution in [3.8, 4) is 0 Å². The highest BCUT2D eigenvalue weighted by molar-refractivity contribution is 4.54. The lowest BCUT2D eigenvalue weighted by Crippen LogP contribution is -2.06. The van der Waals surface area contributed by atoms with Gasteiger partial charge in [-0.15, -0.1) is 0 Å². The summed E-state index contributed by atoms with van der Waals surface area (Å²) in [6, 6.07) is 0. The van der Waals surface area contributed by atoms with Crippen LogP contribution in [0.4, 0.5) is 0 Å². The first-order valence-electron chi connectivity index (χ1n) is 5.07. The van der Waals surface area contributed by atoms with E-state index in [1.165, 1.54) is 0 Å². The average Bonchev–Trinajstić information content (AvgIpc) is 2.05. The third-order valence-electron chi connectivity index (χ3n) is 1.90. The Kier molecular flexibility index (Phi) is 8.95. The summed E-state index contributed by atoms with van der Waals surface area (Å²) in [5, 5.41) is 9.36. The fourth-order valence-corrected chi connectivity index (χ4v) is 1.21. The van der Waals surface area contributed by atoms with Crippen LogP contribution in [0.3, 0.4) is 0 Å². The summed E-state index contributed by atoms with van der Waals surface area (Å²) in [4.78, 5) is 0. The maximum absolute atomic E-state index is 9.36. The zero-order valence-corrected chi connectivity index (χ0v) is 8.38. The number of hydrogen-bond donors (Lipinski definition) is 1. The lowest BCUT2D eigenvalue weighted by atomic mass is 10.1. The second-order valence-corrected chi connectivity index (χ2v) is 3.14. The van der Waals surface area contributed by atoms with Crippen LogP contribution < -0.4 is 0 Å². The summed E-state index contributed by atoms with van der Waals surface area (Å²) in [6.45, 7) is 5.75. The molecule has 0 aromatic carbocycles. The molecule has 1 unspecified atom stereocenters. The van der Waals surface area contributed by atoms with E-state index in [2.05, 4.69) is 6.92 Å². The van der Waals surface area contributed by atoms with E-state index in [-0.39, 0.29) is 6.10 Å². The van der Waals surface area contributed by atoms with E-state index < -0.39 is 0 Å². The SMILES string of the molecule is CCCC(O)CCCCOCC. The molecule has 0 aliphatic heterocycles. The predicted octanol–water partition coefficient (Wildman–Crippen LogP) is 2.35. The molecule has 0 amide bonds. The summed E-state index contributed by atoms with van der Waals surface area (Å²) in [7, 11) is 0. The van der Waals surface area contributed by atoms with Gasteiger partial charge in [-0.2, -0.15) is 0 Å². The molecule has 0 aromatic heterocycles. The molecule has 0 saturated heterocycles. The van der Waals surface area contributed by atoms with Gasteiger partial charge in [-0.1, -0.05) is 13.3 Å². The van der Waals surface area contributed by atoms with Crippen molar-refractivity contribution >= 4 is 0 Å². The maximum atomic E-state index is 9.36. The van der Waals surface area contributed by atoms with E-state index >= 15 is 0 Å². The molecule has 1 N–H and O–H groups in total. The molecule has 12 heavy (non-hydrogen) atoms. The van der Waals surface area contributed by atoms with Crippen LogP contribution in [0.2, 0.25) is 0 Å². The van der Waals surface area contributed by atoms with Gasteiger partial charge in [-0.25, -0.2) is 0 Å². The van der Waals surface area contributed by atoms with E-state index in [9.17, 15) is 5.11 Å². The van der Waals surface area contributed by atoms with Crippen LogP contribution in [0.25, 0.3) is 0 Å². The minimum atomic E-state index is -0.0865.